The van der Waals surface area contributed by atoms with Crippen LogP contribution < -0.4 is 4.74 Å². The standard InChI is InChI=1S/C13H10ClN5O/c14-11-5-2-1-4-10(11)13(8-17-19-18-13)9-20-12-15-6-3-7-16-12/h1-8H,9H2. The molecule has 0 spiro atoms. The minimum Gasteiger partial charge on any atom is -0.460 e. The Bertz CT molecular complexity index is 647. The average Bonchev–Trinajstić information content (AvgIpc) is 2.97. The van der Waals surface area contributed by atoms with Gasteiger partial charge in [-0.1, -0.05) is 29.8 Å². The predicted molar refractivity (Wildman–Crippen MR) is 74.0 cm³/mol. The lowest BCUT2D eigenvalue weighted by molar-refractivity contribution is 0.245. The number of hydrogen-bond acceptors (Lipinski definition) is 6. The molecule has 0 saturated carbocycles. The molecule has 1 unspecified atom stereocenters. The smallest absolute Gasteiger partial charge is 0.316 e. The topological polar surface area (TPSA) is 72.1 Å². The summed E-state index contributed by atoms with van der Waals surface area (Å²) in [6.45, 7) is 0.174. The third kappa shape index (κ3) is 2.37. The first-order chi connectivity index (χ1) is 9.80. The van der Waals surface area contributed by atoms with E-state index in [2.05, 4.69) is 25.4 Å². The molecule has 1 aromatic carbocycles. The fraction of sp³-hybridized carbons (Fsp3) is 0.154. The van der Waals surface area contributed by atoms with E-state index in [0.29, 0.717) is 5.02 Å². The molecular weight excluding hydrogens is 278 g/mol. The summed E-state index contributed by atoms with van der Waals surface area (Å²) in [6.07, 6.45) is 4.82. The highest BCUT2D eigenvalue weighted by atomic mass is 35.5. The summed E-state index contributed by atoms with van der Waals surface area (Å²) in [6, 6.07) is 9.38. The van der Waals surface area contributed by atoms with Crippen LogP contribution in [0.2, 0.25) is 5.02 Å². The Morgan fingerprint density at radius 3 is 2.60 bits per heavy atom. The van der Waals surface area contributed by atoms with Crippen LogP contribution in [-0.2, 0) is 5.54 Å². The van der Waals surface area contributed by atoms with Crippen molar-refractivity contribution in [2.75, 3.05) is 6.61 Å². The largest absolute Gasteiger partial charge is 0.460 e. The second-order valence-corrected chi connectivity index (χ2v) is 4.57. The van der Waals surface area contributed by atoms with Gasteiger partial charge in [-0.15, -0.1) is 10.2 Å². The summed E-state index contributed by atoms with van der Waals surface area (Å²) in [7, 11) is 0. The van der Waals surface area contributed by atoms with Crippen molar-refractivity contribution in [3.63, 3.8) is 0 Å². The fourth-order valence-corrected chi connectivity index (χ4v) is 2.17. The van der Waals surface area contributed by atoms with Gasteiger partial charge in [-0.3, -0.25) is 0 Å². The Hall–Kier alpha value is -2.34. The third-order valence-corrected chi connectivity index (χ3v) is 3.18. The molecule has 0 bridgehead atoms. The van der Waals surface area contributed by atoms with Gasteiger partial charge in [-0.05, 0) is 17.4 Å². The highest BCUT2D eigenvalue weighted by Gasteiger charge is 2.36. The van der Waals surface area contributed by atoms with E-state index in [1.807, 2.05) is 18.2 Å². The van der Waals surface area contributed by atoms with Gasteiger partial charge >= 0.3 is 6.01 Å². The Morgan fingerprint density at radius 2 is 1.90 bits per heavy atom. The van der Waals surface area contributed by atoms with E-state index in [0.717, 1.165) is 5.56 Å². The van der Waals surface area contributed by atoms with Gasteiger partial charge in [-0.2, -0.15) is 0 Å². The molecule has 0 saturated heterocycles. The van der Waals surface area contributed by atoms with Gasteiger partial charge in [-0.25, -0.2) is 9.97 Å². The lowest BCUT2D eigenvalue weighted by Crippen LogP contribution is -2.32. The number of nitrogens with zero attached hydrogens (tertiary/aromatic N) is 5. The number of ether oxygens (including phenoxy) is 1. The van der Waals surface area contributed by atoms with E-state index in [1.165, 1.54) is 0 Å². The Labute approximate surface area is 120 Å². The van der Waals surface area contributed by atoms with Crippen molar-refractivity contribution < 1.29 is 4.74 Å². The normalized spacial score (nSPS) is 20.2. The zero-order chi connectivity index (χ0) is 13.8. The summed E-state index contributed by atoms with van der Waals surface area (Å²) in [5.74, 6) is 0. The molecule has 2 heterocycles. The minimum atomic E-state index is -0.836. The molecule has 0 fully saturated rings. The monoisotopic (exact) mass is 287 g/mol. The first-order valence-electron chi connectivity index (χ1n) is 5.91. The molecule has 0 aliphatic carbocycles. The molecule has 1 aliphatic heterocycles. The lowest BCUT2D eigenvalue weighted by Gasteiger charge is -2.22. The molecule has 1 atom stereocenters. The summed E-state index contributed by atoms with van der Waals surface area (Å²) in [5.41, 5.74) is -0.0556. The van der Waals surface area contributed by atoms with Crippen molar-refractivity contribution in [1.82, 2.24) is 9.97 Å². The van der Waals surface area contributed by atoms with Gasteiger partial charge in [0, 0.05) is 23.0 Å². The summed E-state index contributed by atoms with van der Waals surface area (Å²) >= 11 is 6.23. The Kier molecular flexibility index (Phi) is 3.39. The van der Waals surface area contributed by atoms with Crippen molar-refractivity contribution in [2.24, 2.45) is 15.4 Å². The molecule has 0 N–H and O–H groups in total. The van der Waals surface area contributed by atoms with Gasteiger partial charge in [0.05, 0.1) is 6.21 Å². The number of benzene rings is 1. The van der Waals surface area contributed by atoms with Gasteiger partial charge in [0.15, 0.2) is 5.54 Å². The van der Waals surface area contributed by atoms with Gasteiger partial charge in [0.1, 0.15) is 6.61 Å². The molecule has 2 aromatic rings. The zero-order valence-corrected chi connectivity index (χ0v) is 11.1. The molecule has 20 heavy (non-hydrogen) atoms. The minimum absolute atomic E-state index is 0.174. The van der Waals surface area contributed by atoms with Gasteiger partial charge in [0.25, 0.3) is 0 Å². The van der Waals surface area contributed by atoms with Crippen LogP contribution in [0.1, 0.15) is 5.56 Å². The van der Waals surface area contributed by atoms with Crippen molar-refractivity contribution in [1.29, 1.82) is 0 Å². The summed E-state index contributed by atoms with van der Waals surface area (Å²) < 4.78 is 5.58. The SMILES string of the molecule is Clc1ccccc1C1(COc2ncccn2)C=NN=N1. The molecule has 1 aromatic heterocycles. The third-order valence-electron chi connectivity index (χ3n) is 2.85. The van der Waals surface area contributed by atoms with Crippen LogP contribution in [0.15, 0.2) is 58.2 Å². The van der Waals surface area contributed by atoms with Crippen LogP contribution in [-0.4, -0.2) is 22.8 Å². The van der Waals surface area contributed by atoms with E-state index < -0.39 is 5.54 Å². The predicted octanol–water partition coefficient (Wildman–Crippen LogP) is 2.86. The Balaban J connectivity index is 1.88. The number of hydrogen-bond donors (Lipinski definition) is 0. The molecule has 3 rings (SSSR count). The highest BCUT2D eigenvalue weighted by molar-refractivity contribution is 6.31. The summed E-state index contributed by atoms with van der Waals surface area (Å²) in [5, 5.41) is 12.2. The quantitative estimate of drug-likeness (QED) is 0.868. The second kappa shape index (κ2) is 5.34. The maximum absolute atomic E-state index is 6.23. The van der Waals surface area contributed by atoms with Crippen LogP contribution >= 0.6 is 11.6 Å². The van der Waals surface area contributed by atoms with Crippen molar-refractivity contribution >= 4 is 17.8 Å². The number of halogens is 1. The van der Waals surface area contributed by atoms with E-state index in [1.54, 1.807) is 30.7 Å². The molecule has 0 amide bonds. The maximum atomic E-state index is 6.23. The van der Waals surface area contributed by atoms with Crippen LogP contribution in [0.4, 0.5) is 0 Å². The van der Waals surface area contributed by atoms with Crippen LogP contribution in [0.25, 0.3) is 0 Å². The highest BCUT2D eigenvalue weighted by Crippen LogP contribution is 2.33. The van der Waals surface area contributed by atoms with Crippen LogP contribution in [0.3, 0.4) is 0 Å². The number of rotatable bonds is 4. The molecular formula is C13H10ClN5O. The van der Waals surface area contributed by atoms with Crippen LogP contribution in [0.5, 0.6) is 6.01 Å². The van der Waals surface area contributed by atoms with Crippen molar-refractivity contribution in [2.45, 2.75) is 5.54 Å². The number of aromatic nitrogens is 2. The molecule has 100 valence electrons. The molecule has 0 radical (unpaired) electrons. The van der Waals surface area contributed by atoms with Crippen molar-refractivity contribution in [3.8, 4) is 6.01 Å². The maximum Gasteiger partial charge on any atom is 0.316 e. The van der Waals surface area contributed by atoms with Crippen molar-refractivity contribution in [3.05, 3.63) is 53.3 Å². The Morgan fingerprint density at radius 1 is 1.10 bits per heavy atom. The lowest BCUT2D eigenvalue weighted by atomic mass is 9.93. The molecule has 6 nitrogen and oxygen atoms in total. The first-order valence-corrected chi connectivity index (χ1v) is 6.29. The zero-order valence-electron chi connectivity index (χ0n) is 10.3. The average molecular weight is 288 g/mol. The first kappa shape index (κ1) is 12.7. The van der Waals surface area contributed by atoms with E-state index >= 15 is 0 Å². The summed E-state index contributed by atoms with van der Waals surface area (Å²) in [4.78, 5) is 8.01. The van der Waals surface area contributed by atoms with E-state index in [4.69, 9.17) is 16.3 Å². The van der Waals surface area contributed by atoms with E-state index in [9.17, 15) is 0 Å². The molecule has 1 aliphatic rings. The fourth-order valence-electron chi connectivity index (χ4n) is 1.87. The van der Waals surface area contributed by atoms with E-state index in [-0.39, 0.29) is 12.6 Å². The van der Waals surface area contributed by atoms with Gasteiger partial charge < -0.3 is 4.74 Å². The molecule has 7 heteroatoms. The van der Waals surface area contributed by atoms with Gasteiger partial charge in [0.2, 0.25) is 0 Å². The second-order valence-electron chi connectivity index (χ2n) is 4.16. The van der Waals surface area contributed by atoms with Crippen LogP contribution in [0, 0.1) is 0 Å².